The Kier molecular flexibility index (Phi) is 5.34. The second kappa shape index (κ2) is 8.22. The molecule has 1 aliphatic heterocycles. The molecule has 0 saturated carbocycles. The van der Waals surface area contributed by atoms with E-state index in [9.17, 15) is 4.79 Å². The lowest BCUT2D eigenvalue weighted by atomic mass is 10.1. The van der Waals surface area contributed by atoms with Crippen LogP contribution in [0.4, 0.5) is 5.13 Å². The first-order chi connectivity index (χ1) is 13.3. The number of hydrogen-bond acceptors (Lipinski definition) is 5. The highest BCUT2D eigenvalue weighted by atomic mass is 32.1. The predicted molar refractivity (Wildman–Crippen MR) is 108 cm³/mol. The molecule has 6 heteroatoms. The monoisotopic (exact) mass is 379 g/mol. The van der Waals surface area contributed by atoms with E-state index in [2.05, 4.69) is 15.2 Å². The molecular weight excluding hydrogens is 358 g/mol. The maximum Gasteiger partial charge on any atom is 0.255 e. The molecule has 1 atom stereocenters. The number of carbonyl (C=O) groups excluding carboxylic acids is 1. The molecular formula is C21H21N3O2S. The SMILES string of the molecule is O=C(NCC1CCCN1c1nccs1)c1ccccc1Oc1ccccc1. The Balaban J connectivity index is 1.43. The molecule has 1 unspecified atom stereocenters. The second-order valence-corrected chi connectivity index (χ2v) is 7.30. The maximum absolute atomic E-state index is 12.8. The van der Waals surface area contributed by atoms with Gasteiger partial charge in [-0.05, 0) is 37.1 Å². The number of ether oxygens (including phenoxy) is 1. The van der Waals surface area contributed by atoms with Crippen LogP contribution in [0.5, 0.6) is 11.5 Å². The Morgan fingerprint density at radius 1 is 1.19 bits per heavy atom. The van der Waals surface area contributed by atoms with E-state index in [4.69, 9.17) is 4.74 Å². The fourth-order valence-corrected chi connectivity index (χ4v) is 4.06. The lowest BCUT2D eigenvalue weighted by molar-refractivity contribution is 0.0949. The van der Waals surface area contributed by atoms with Crippen LogP contribution in [0.3, 0.4) is 0 Å². The number of rotatable bonds is 6. The molecule has 5 nitrogen and oxygen atoms in total. The van der Waals surface area contributed by atoms with Gasteiger partial charge in [0.1, 0.15) is 11.5 Å². The molecule has 4 rings (SSSR count). The van der Waals surface area contributed by atoms with Gasteiger partial charge in [-0.3, -0.25) is 4.79 Å². The average molecular weight is 379 g/mol. The summed E-state index contributed by atoms with van der Waals surface area (Å²) in [6.45, 7) is 1.58. The third-order valence-corrected chi connectivity index (χ3v) is 5.45. The van der Waals surface area contributed by atoms with Gasteiger partial charge in [-0.15, -0.1) is 11.3 Å². The number of amides is 1. The number of para-hydroxylation sites is 2. The van der Waals surface area contributed by atoms with Crippen molar-refractivity contribution >= 4 is 22.4 Å². The maximum atomic E-state index is 12.8. The summed E-state index contributed by atoms with van der Waals surface area (Å²) in [7, 11) is 0. The Morgan fingerprint density at radius 2 is 2.00 bits per heavy atom. The summed E-state index contributed by atoms with van der Waals surface area (Å²) in [5, 5.41) is 6.09. The molecule has 0 spiro atoms. The first-order valence-corrected chi connectivity index (χ1v) is 9.95. The summed E-state index contributed by atoms with van der Waals surface area (Å²) >= 11 is 1.64. The van der Waals surface area contributed by atoms with Gasteiger partial charge in [-0.2, -0.15) is 0 Å². The van der Waals surface area contributed by atoms with Crippen molar-refractivity contribution in [3.63, 3.8) is 0 Å². The van der Waals surface area contributed by atoms with Gasteiger partial charge in [0.25, 0.3) is 5.91 Å². The van der Waals surface area contributed by atoms with Crippen LogP contribution >= 0.6 is 11.3 Å². The quantitative estimate of drug-likeness (QED) is 0.692. The van der Waals surface area contributed by atoms with Crippen LogP contribution in [0.1, 0.15) is 23.2 Å². The van der Waals surface area contributed by atoms with Crippen LogP contribution < -0.4 is 15.0 Å². The Labute approximate surface area is 162 Å². The zero-order valence-electron chi connectivity index (χ0n) is 14.9. The third kappa shape index (κ3) is 4.11. The van der Waals surface area contributed by atoms with Gasteiger partial charge in [-0.1, -0.05) is 30.3 Å². The Bertz CT molecular complexity index is 883. The van der Waals surface area contributed by atoms with E-state index in [0.29, 0.717) is 23.6 Å². The minimum Gasteiger partial charge on any atom is -0.457 e. The highest BCUT2D eigenvalue weighted by molar-refractivity contribution is 7.13. The van der Waals surface area contributed by atoms with Gasteiger partial charge < -0.3 is 15.0 Å². The summed E-state index contributed by atoms with van der Waals surface area (Å²) in [4.78, 5) is 19.5. The van der Waals surface area contributed by atoms with E-state index >= 15 is 0 Å². The average Bonchev–Trinajstić information content (AvgIpc) is 3.39. The molecule has 1 N–H and O–H groups in total. The molecule has 1 saturated heterocycles. The van der Waals surface area contributed by atoms with Gasteiger partial charge in [0, 0.05) is 30.7 Å². The molecule has 0 bridgehead atoms. The van der Waals surface area contributed by atoms with Crippen LogP contribution in [-0.2, 0) is 0 Å². The van der Waals surface area contributed by atoms with Crippen molar-refractivity contribution in [3.05, 3.63) is 71.7 Å². The smallest absolute Gasteiger partial charge is 0.255 e. The van der Waals surface area contributed by atoms with Gasteiger partial charge in [0.2, 0.25) is 0 Å². The van der Waals surface area contributed by atoms with Crippen LogP contribution in [0.25, 0.3) is 0 Å². The Hall–Kier alpha value is -2.86. The van der Waals surface area contributed by atoms with Crippen molar-refractivity contribution in [2.45, 2.75) is 18.9 Å². The molecule has 1 fully saturated rings. The number of aromatic nitrogens is 1. The first-order valence-electron chi connectivity index (χ1n) is 9.07. The number of nitrogens with one attached hydrogen (secondary N) is 1. The minimum atomic E-state index is -0.118. The molecule has 1 amide bonds. The molecule has 0 radical (unpaired) electrons. The molecule has 2 heterocycles. The standard InChI is InChI=1S/C21H21N3O2S/c25-20(23-15-16-7-6-13-24(16)21-22-12-14-27-21)18-10-4-5-11-19(18)26-17-8-2-1-3-9-17/h1-5,8-12,14,16H,6-7,13,15H2,(H,23,25). The summed E-state index contributed by atoms with van der Waals surface area (Å²) < 4.78 is 5.90. The lowest BCUT2D eigenvalue weighted by Crippen LogP contribution is -2.40. The zero-order valence-corrected chi connectivity index (χ0v) is 15.7. The molecule has 1 aliphatic rings. The van der Waals surface area contributed by atoms with Crippen LogP contribution in [0.2, 0.25) is 0 Å². The lowest BCUT2D eigenvalue weighted by Gasteiger charge is -2.24. The highest BCUT2D eigenvalue weighted by Crippen LogP contribution is 2.28. The summed E-state index contributed by atoms with van der Waals surface area (Å²) in [5.41, 5.74) is 0.542. The number of benzene rings is 2. The van der Waals surface area contributed by atoms with Crippen molar-refractivity contribution in [2.24, 2.45) is 0 Å². The van der Waals surface area contributed by atoms with Crippen molar-refractivity contribution < 1.29 is 9.53 Å². The van der Waals surface area contributed by atoms with E-state index < -0.39 is 0 Å². The molecule has 1 aromatic heterocycles. The fourth-order valence-electron chi connectivity index (χ4n) is 3.32. The zero-order chi connectivity index (χ0) is 18.5. The van der Waals surface area contributed by atoms with E-state index in [1.165, 1.54) is 0 Å². The largest absolute Gasteiger partial charge is 0.457 e. The van der Waals surface area contributed by atoms with Gasteiger partial charge in [0.05, 0.1) is 5.56 Å². The molecule has 27 heavy (non-hydrogen) atoms. The first kappa shape index (κ1) is 17.5. The van der Waals surface area contributed by atoms with E-state index in [0.717, 1.165) is 24.5 Å². The van der Waals surface area contributed by atoms with Crippen LogP contribution in [-0.4, -0.2) is 30.0 Å². The summed E-state index contributed by atoms with van der Waals surface area (Å²) in [6.07, 6.45) is 4.00. The summed E-state index contributed by atoms with van der Waals surface area (Å²) in [5.74, 6) is 1.15. The number of hydrogen-bond donors (Lipinski definition) is 1. The Morgan fingerprint density at radius 3 is 2.81 bits per heavy atom. The number of carbonyl (C=O) groups is 1. The molecule has 138 valence electrons. The molecule has 0 aliphatic carbocycles. The number of nitrogens with zero attached hydrogens (tertiary/aromatic N) is 2. The van der Waals surface area contributed by atoms with Crippen molar-refractivity contribution in [1.29, 1.82) is 0 Å². The predicted octanol–water partition coefficient (Wildman–Crippen LogP) is 4.33. The van der Waals surface area contributed by atoms with Crippen LogP contribution in [0, 0.1) is 0 Å². The summed E-state index contributed by atoms with van der Waals surface area (Å²) in [6, 6.07) is 17.1. The van der Waals surface area contributed by atoms with Crippen LogP contribution in [0.15, 0.2) is 66.2 Å². The minimum absolute atomic E-state index is 0.118. The van der Waals surface area contributed by atoms with E-state index in [-0.39, 0.29) is 11.9 Å². The highest BCUT2D eigenvalue weighted by Gasteiger charge is 2.27. The molecule has 2 aromatic carbocycles. The van der Waals surface area contributed by atoms with Gasteiger partial charge in [-0.25, -0.2) is 4.98 Å². The van der Waals surface area contributed by atoms with Gasteiger partial charge >= 0.3 is 0 Å². The fraction of sp³-hybridized carbons (Fsp3) is 0.238. The van der Waals surface area contributed by atoms with Gasteiger partial charge in [0.15, 0.2) is 5.13 Å². The molecule has 3 aromatic rings. The number of anilines is 1. The van der Waals surface area contributed by atoms with Crippen molar-refractivity contribution in [1.82, 2.24) is 10.3 Å². The van der Waals surface area contributed by atoms with Crippen molar-refractivity contribution in [3.8, 4) is 11.5 Å². The van der Waals surface area contributed by atoms with Crippen molar-refractivity contribution in [2.75, 3.05) is 18.0 Å². The third-order valence-electron chi connectivity index (χ3n) is 4.64. The second-order valence-electron chi connectivity index (χ2n) is 6.43. The topological polar surface area (TPSA) is 54.5 Å². The number of thiazole rings is 1. The normalized spacial score (nSPS) is 16.3. The van der Waals surface area contributed by atoms with E-state index in [1.807, 2.05) is 60.1 Å². The van der Waals surface area contributed by atoms with E-state index in [1.54, 1.807) is 17.4 Å².